The Kier molecular flexibility index (Phi) is 67.6. The summed E-state index contributed by atoms with van der Waals surface area (Å²) in [5.41, 5.74) is 0. The minimum atomic E-state index is 0. The van der Waals surface area contributed by atoms with E-state index >= 15 is 0 Å². The Morgan fingerprint density at radius 3 is 1.38 bits per heavy atom. The van der Waals surface area contributed by atoms with Crippen LogP contribution in [0.15, 0.2) is 29.2 Å². The van der Waals surface area contributed by atoms with Crippen LogP contribution in [-0.4, -0.2) is 25.1 Å². The fraction of sp³-hybridized carbons (Fsp3) is 0.143. The Hall–Kier alpha value is -0.492. The summed E-state index contributed by atoms with van der Waals surface area (Å²) in [4.78, 5) is 0.954. The van der Waals surface area contributed by atoms with Gasteiger partial charge < -0.3 is 4.74 Å². The summed E-state index contributed by atoms with van der Waals surface area (Å²) in [5, 5.41) is 0. The van der Waals surface area contributed by atoms with Crippen molar-refractivity contribution >= 4 is 30.6 Å². The van der Waals surface area contributed by atoms with Crippen LogP contribution in [0.25, 0.3) is 0 Å². The van der Waals surface area contributed by atoms with Crippen LogP contribution in [0.1, 0.15) is 0 Å². The molecule has 1 rings (SSSR count). The summed E-state index contributed by atoms with van der Waals surface area (Å²) in [6.45, 7) is 0. The fourth-order valence-corrected chi connectivity index (χ4v) is 0.731. The van der Waals surface area contributed by atoms with Gasteiger partial charge in [0, 0.05) is 4.90 Å². The zero-order valence-electron chi connectivity index (χ0n) is 8.32. The van der Waals surface area contributed by atoms with Crippen molar-refractivity contribution in [2.75, 3.05) is 7.11 Å². The SMILES string of the molecule is COc1ccc(S)cc1.F.F.F.F.F.F.[AsH3]. The molecule has 0 heterocycles. The first-order chi connectivity index (χ1) is 4.33. The number of rotatable bonds is 1. The van der Waals surface area contributed by atoms with Crippen molar-refractivity contribution in [2.45, 2.75) is 4.90 Å². The van der Waals surface area contributed by atoms with E-state index in [1.807, 2.05) is 24.3 Å². The van der Waals surface area contributed by atoms with Crippen molar-refractivity contribution < 1.29 is 33.0 Å². The van der Waals surface area contributed by atoms with E-state index in [0.717, 1.165) is 10.6 Å². The molecular formula is C7H17AsF6OS. The second-order valence-electron chi connectivity index (χ2n) is 1.70. The number of ether oxygens (including phenoxy) is 1. The van der Waals surface area contributed by atoms with Crippen molar-refractivity contribution in [3.8, 4) is 5.75 Å². The number of hydrogen-bond donors (Lipinski definition) is 1. The van der Waals surface area contributed by atoms with Gasteiger partial charge in [-0.15, -0.1) is 12.6 Å². The van der Waals surface area contributed by atoms with E-state index in [9.17, 15) is 0 Å². The number of thiol groups is 1. The van der Waals surface area contributed by atoms with Crippen molar-refractivity contribution in [1.29, 1.82) is 0 Å². The normalized spacial score (nSPS) is 5.12. The third-order valence-electron chi connectivity index (χ3n) is 1.07. The zero-order chi connectivity index (χ0) is 6.69. The van der Waals surface area contributed by atoms with E-state index in [1.165, 1.54) is 0 Å². The number of halogens is 6. The molecule has 0 amide bonds. The van der Waals surface area contributed by atoms with Gasteiger partial charge in [0.25, 0.3) is 0 Å². The third-order valence-corrected chi connectivity index (χ3v) is 1.37. The van der Waals surface area contributed by atoms with Crippen molar-refractivity contribution in [2.24, 2.45) is 0 Å². The maximum atomic E-state index is 4.94. The van der Waals surface area contributed by atoms with Crippen LogP contribution < -0.4 is 4.74 Å². The summed E-state index contributed by atoms with van der Waals surface area (Å²) in [6.07, 6.45) is 0. The van der Waals surface area contributed by atoms with Crippen LogP contribution >= 0.6 is 12.6 Å². The zero-order valence-corrected chi connectivity index (χ0v) is 12.2. The Balaban J connectivity index is -0.0000000231. The molecule has 16 heavy (non-hydrogen) atoms. The molecule has 0 saturated carbocycles. The summed E-state index contributed by atoms with van der Waals surface area (Å²) in [6, 6.07) is 7.54. The Morgan fingerprint density at radius 2 is 1.12 bits per heavy atom. The first kappa shape index (κ1) is 45.1. The summed E-state index contributed by atoms with van der Waals surface area (Å²) in [5.74, 6) is 0.868. The average Bonchev–Trinajstić information content (AvgIpc) is 1.90. The molecule has 0 fully saturated rings. The van der Waals surface area contributed by atoms with Crippen LogP contribution in [0.4, 0.5) is 28.2 Å². The van der Waals surface area contributed by atoms with Crippen molar-refractivity contribution in [3.63, 3.8) is 0 Å². The molecule has 0 aliphatic heterocycles. The molecule has 0 spiro atoms. The molecule has 0 N–H and O–H groups in total. The van der Waals surface area contributed by atoms with Gasteiger partial charge in [-0.2, -0.15) is 0 Å². The quantitative estimate of drug-likeness (QED) is 0.466. The molecule has 1 aromatic rings. The Labute approximate surface area is 106 Å². The van der Waals surface area contributed by atoms with Gasteiger partial charge in [-0.1, -0.05) is 0 Å². The molecule has 9 heteroatoms. The number of methoxy groups -OCH3 is 1. The first-order valence-corrected chi connectivity index (χ1v) is 3.10. The van der Waals surface area contributed by atoms with Gasteiger partial charge in [0.1, 0.15) is 5.75 Å². The van der Waals surface area contributed by atoms with E-state index in [-0.39, 0.29) is 46.2 Å². The molecule has 0 saturated heterocycles. The Morgan fingerprint density at radius 1 is 0.812 bits per heavy atom. The molecular weight excluding hydrogens is 321 g/mol. The van der Waals surface area contributed by atoms with Crippen LogP contribution in [0.2, 0.25) is 0 Å². The molecule has 0 aliphatic rings. The monoisotopic (exact) mass is 338 g/mol. The molecule has 1 atom stereocenters. The summed E-state index contributed by atoms with van der Waals surface area (Å²) < 4.78 is 4.94. The van der Waals surface area contributed by atoms with E-state index < -0.39 is 0 Å². The average molecular weight is 338 g/mol. The van der Waals surface area contributed by atoms with Crippen LogP contribution in [0.3, 0.4) is 0 Å². The van der Waals surface area contributed by atoms with E-state index in [4.69, 9.17) is 4.74 Å². The van der Waals surface area contributed by atoms with Crippen molar-refractivity contribution in [1.82, 2.24) is 0 Å². The van der Waals surface area contributed by atoms with Gasteiger partial charge in [0.15, 0.2) is 0 Å². The van der Waals surface area contributed by atoms with Crippen LogP contribution in [-0.2, 0) is 0 Å². The summed E-state index contributed by atoms with van der Waals surface area (Å²) in [7, 11) is 1.65. The van der Waals surface area contributed by atoms with Gasteiger partial charge in [-0.25, -0.2) is 0 Å². The third kappa shape index (κ3) is 16.0. The second kappa shape index (κ2) is 24.0. The summed E-state index contributed by atoms with van der Waals surface area (Å²) >= 11 is 4.11. The topological polar surface area (TPSA) is 9.23 Å². The number of hydrogen-bond acceptors (Lipinski definition) is 2. The van der Waals surface area contributed by atoms with E-state index in [2.05, 4.69) is 12.6 Å². The van der Waals surface area contributed by atoms with Gasteiger partial charge in [0.05, 0.1) is 7.11 Å². The Bertz CT molecular complexity index is 201. The minimum absolute atomic E-state index is 0. The first-order valence-electron chi connectivity index (χ1n) is 2.66. The molecule has 0 bridgehead atoms. The van der Waals surface area contributed by atoms with Gasteiger partial charge in [0.2, 0.25) is 0 Å². The van der Waals surface area contributed by atoms with Crippen LogP contribution in [0, 0.1) is 0 Å². The molecule has 0 aliphatic carbocycles. The predicted octanol–water partition coefficient (Wildman–Crippen LogP) is 1.71. The number of benzene rings is 1. The standard InChI is InChI=1S/C7H8OS.AsH3.6FH/c1-8-6-2-4-7(9)5-3-6;;;;;;;/h2-5,9H,1H3;1H3;6*1H. The maximum absolute atomic E-state index is 4.94. The van der Waals surface area contributed by atoms with Crippen LogP contribution in [0.5, 0.6) is 5.75 Å². The molecule has 0 radical (unpaired) electrons. The van der Waals surface area contributed by atoms with E-state index in [1.54, 1.807) is 7.11 Å². The second-order valence-corrected chi connectivity index (χ2v) is 2.21. The van der Waals surface area contributed by atoms with Gasteiger partial charge in [-0.3, -0.25) is 28.2 Å². The molecule has 1 aromatic carbocycles. The molecule has 1 nitrogen and oxygen atoms in total. The predicted molar refractivity (Wildman–Crippen MR) is 65.2 cm³/mol. The van der Waals surface area contributed by atoms with Crippen molar-refractivity contribution in [3.05, 3.63) is 24.3 Å². The van der Waals surface area contributed by atoms with E-state index in [0.29, 0.717) is 0 Å². The van der Waals surface area contributed by atoms with Gasteiger partial charge >= 0.3 is 18.0 Å². The fourth-order valence-electron chi connectivity index (χ4n) is 0.582. The molecule has 1 unspecified atom stereocenters. The van der Waals surface area contributed by atoms with Gasteiger partial charge in [-0.05, 0) is 24.3 Å². The molecule has 0 aromatic heterocycles. The molecule has 104 valence electrons.